The Kier molecular flexibility index (Phi) is 6.03. The number of hydrogen-bond acceptors (Lipinski definition) is 1. The van der Waals surface area contributed by atoms with Gasteiger partial charge in [-0.1, -0.05) is 59.7 Å². The molecule has 0 spiro atoms. The molecule has 0 saturated carbocycles. The van der Waals surface area contributed by atoms with E-state index in [0.717, 1.165) is 11.1 Å². The highest BCUT2D eigenvalue weighted by atomic mass is 19.4. The predicted octanol–water partition coefficient (Wildman–Crippen LogP) is 6.83. The maximum absolute atomic E-state index is 12.9. The maximum Gasteiger partial charge on any atom is 0.413 e. The molecule has 0 radical (unpaired) electrons. The Hall–Kier alpha value is -2.70. The van der Waals surface area contributed by atoms with E-state index in [9.17, 15) is 26.3 Å². The summed E-state index contributed by atoms with van der Waals surface area (Å²) in [6.07, 6.45) is -9.85. The third kappa shape index (κ3) is 6.84. The van der Waals surface area contributed by atoms with Crippen LogP contribution in [0.5, 0.6) is 0 Å². The number of halogens is 6. The third-order valence-corrected chi connectivity index (χ3v) is 3.48. The molecular weight excluding hydrogens is 370 g/mol. The van der Waals surface area contributed by atoms with Crippen molar-refractivity contribution in [1.82, 2.24) is 0 Å². The van der Waals surface area contributed by atoms with E-state index >= 15 is 0 Å². The van der Waals surface area contributed by atoms with E-state index in [2.05, 4.69) is 0 Å². The number of aryl methyl sites for hydroxylation is 2. The van der Waals surface area contributed by atoms with Crippen LogP contribution in [0, 0.1) is 13.8 Å². The number of allylic oxidation sites excluding steroid dienone is 2. The van der Waals surface area contributed by atoms with Crippen LogP contribution in [0.2, 0.25) is 0 Å². The fourth-order valence-electron chi connectivity index (χ4n) is 2.19. The summed E-state index contributed by atoms with van der Waals surface area (Å²) in [5.41, 5.74) is 1.60. The Morgan fingerprint density at radius 2 is 0.926 bits per heavy atom. The first-order valence-corrected chi connectivity index (χ1v) is 7.84. The zero-order valence-corrected chi connectivity index (χ0v) is 14.4. The molecule has 0 aliphatic rings. The summed E-state index contributed by atoms with van der Waals surface area (Å²) in [5.74, 6) is -1.45. The minimum absolute atomic E-state index is 0.0121. The van der Waals surface area contributed by atoms with Crippen molar-refractivity contribution in [1.29, 1.82) is 0 Å². The predicted molar refractivity (Wildman–Crippen MR) is 91.5 cm³/mol. The Bertz CT molecular complexity index is 753. The van der Waals surface area contributed by atoms with E-state index in [-0.39, 0.29) is 23.3 Å². The molecule has 0 saturated heterocycles. The SMILES string of the molecule is Cc1ccc(/C(=C/C(F)(F)F)O/C(=C\C(F)(F)F)c2ccc(C)cc2)cc1. The van der Waals surface area contributed by atoms with Crippen LogP contribution < -0.4 is 0 Å². The molecule has 0 aliphatic heterocycles. The third-order valence-electron chi connectivity index (χ3n) is 3.48. The van der Waals surface area contributed by atoms with Crippen molar-refractivity contribution >= 4 is 11.5 Å². The molecule has 2 aromatic rings. The first kappa shape index (κ1) is 20.6. The minimum Gasteiger partial charge on any atom is -0.456 e. The second-order valence-electron chi connectivity index (χ2n) is 5.93. The summed E-state index contributed by atoms with van der Waals surface area (Å²) in [6, 6.07) is 11.6. The van der Waals surface area contributed by atoms with Crippen LogP contribution in [0.15, 0.2) is 60.7 Å². The molecule has 0 N–H and O–H groups in total. The van der Waals surface area contributed by atoms with Crippen molar-refractivity contribution in [2.45, 2.75) is 26.2 Å². The fraction of sp³-hybridized carbons (Fsp3) is 0.200. The van der Waals surface area contributed by atoms with Crippen molar-refractivity contribution in [3.05, 3.63) is 82.9 Å². The first-order chi connectivity index (χ1) is 12.4. The highest BCUT2D eigenvalue weighted by molar-refractivity contribution is 5.70. The highest BCUT2D eigenvalue weighted by Crippen LogP contribution is 2.32. The van der Waals surface area contributed by atoms with Crippen LogP contribution in [0.3, 0.4) is 0 Å². The van der Waals surface area contributed by atoms with Gasteiger partial charge in [0, 0.05) is 11.1 Å². The monoisotopic (exact) mass is 386 g/mol. The zero-order valence-electron chi connectivity index (χ0n) is 14.4. The minimum atomic E-state index is -4.77. The van der Waals surface area contributed by atoms with E-state index in [1.165, 1.54) is 24.3 Å². The molecule has 0 heterocycles. The molecule has 27 heavy (non-hydrogen) atoms. The molecule has 1 nitrogen and oxygen atoms in total. The summed E-state index contributed by atoms with van der Waals surface area (Å²) in [7, 11) is 0. The average Bonchev–Trinajstić information content (AvgIpc) is 2.52. The molecule has 2 rings (SSSR count). The van der Waals surface area contributed by atoms with Gasteiger partial charge in [0.1, 0.15) is 11.5 Å². The molecule has 0 bridgehead atoms. The lowest BCUT2D eigenvalue weighted by Gasteiger charge is -2.16. The van der Waals surface area contributed by atoms with Gasteiger partial charge < -0.3 is 4.74 Å². The van der Waals surface area contributed by atoms with Crippen LogP contribution in [0.1, 0.15) is 22.3 Å². The molecule has 2 aromatic carbocycles. The maximum atomic E-state index is 12.9. The number of hydrogen-bond donors (Lipinski definition) is 0. The molecule has 144 valence electrons. The number of benzene rings is 2. The Labute approximate surface area is 152 Å². The molecular formula is C20H16F6O. The highest BCUT2D eigenvalue weighted by Gasteiger charge is 2.29. The van der Waals surface area contributed by atoms with Crippen LogP contribution in [-0.4, -0.2) is 12.4 Å². The topological polar surface area (TPSA) is 9.23 Å². The first-order valence-electron chi connectivity index (χ1n) is 7.84. The van der Waals surface area contributed by atoms with Gasteiger partial charge in [-0.15, -0.1) is 0 Å². The van der Waals surface area contributed by atoms with Gasteiger partial charge in [-0.25, -0.2) is 0 Å². The van der Waals surface area contributed by atoms with E-state index in [4.69, 9.17) is 4.74 Å². The number of ether oxygens (including phenoxy) is 1. The van der Waals surface area contributed by atoms with Gasteiger partial charge in [0.2, 0.25) is 0 Å². The van der Waals surface area contributed by atoms with E-state index in [1.54, 1.807) is 38.1 Å². The summed E-state index contributed by atoms with van der Waals surface area (Å²) < 4.78 is 82.6. The molecule has 0 aliphatic carbocycles. The van der Waals surface area contributed by atoms with Crippen molar-refractivity contribution < 1.29 is 31.1 Å². The van der Waals surface area contributed by atoms with Crippen LogP contribution >= 0.6 is 0 Å². The summed E-state index contributed by atoms with van der Waals surface area (Å²) in [6.45, 7) is 3.47. The van der Waals surface area contributed by atoms with Crippen molar-refractivity contribution in [2.75, 3.05) is 0 Å². The lowest BCUT2D eigenvalue weighted by Crippen LogP contribution is -2.08. The van der Waals surface area contributed by atoms with E-state index < -0.39 is 23.9 Å². The molecule has 0 fully saturated rings. The summed E-state index contributed by atoms with van der Waals surface area (Å²) in [5, 5.41) is 0. The second-order valence-corrected chi connectivity index (χ2v) is 5.93. The molecule has 0 aromatic heterocycles. The summed E-state index contributed by atoms with van der Waals surface area (Å²) in [4.78, 5) is 0. The van der Waals surface area contributed by atoms with Gasteiger partial charge in [0.15, 0.2) is 0 Å². The molecule has 0 amide bonds. The standard InChI is InChI=1S/C20H16F6O/c1-13-3-7-15(8-4-13)17(11-19(21,22)23)27-18(12-20(24,25)26)16-9-5-14(2)6-10-16/h3-12H,1-2H3/b17-11-,18-12-. The van der Waals surface area contributed by atoms with Crippen LogP contribution in [0.4, 0.5) is 26.3 Å². The van der Waals surface area contributed by atoms with Crippen LogP contribution in [-0.2, 0) is 4.74 Å². The van der Waals surface area contributed by atoms with Crippen molar-refractivity contribution in [3.63, 3.8) is 0 Å². The van der Waals surface area contributed by atoms with E-state index in [0.29, 0.717) is 0 Å². The molecule has 0 unspecified atom stereocenters. The quantitative estimate of drug-likeness (QED) is 0.414. The van der Waals surface area contributed by atoms with Gasteiger partial charge in [0.05, 0.1) is 12.2 Å². The van der Waals surface area contributed by atoms with Gasteiger partial charge in [-0.3, -0.25) is 0 Å². The van der Waals surface area contributed by atoms with Crippen molar-refractivity contribution in [3.8, 4) is 0 Å². The Morgan fingerprint density at radius 1 is 0.630 bits per heavy atom. The largest absolute Gasteiger partial charge is 0.456 e. The number of rotatable bonds is 4. The lowest BCUT2D eigenvalue weighted by molar-refractivity contribution is -0.0803. The van der Waals surface area contributed by atoms with Crippen LogP contribution in [0.25, 0.3) is 11.5 Å². The zero-order chi connectivity index (χ0) is 20.2. The van der Waals surface area contributed by atoms with Gasteiger partial charge in [-0.2, -0.15) is 26.3 Å². The lowest BCUT2D eigenvalue weighted by atomic mass is 10.1. The Balaban J connectivity index is 2.52. The van der Waals surface area contributed by atoms with Crippen molar-refractivity contribution in [2.24, 2.45) is 0 Å². The van der Waals surface area contributed by atoms with Gasteiger partial charge in [-0.05, 0) is 13.8 Å². The normalized spacial score (nSPS) is 13.6. The Morgan fingerprint density at radius 3 is 1.19 bits per heavy atom. The smallest absolute Gasteiger partial charge is 0.413 e. The van der Waals surface area contributed by atoms with Gasteiger partial charge in [0.25, 0.3) is 0 Å². The summed E-state index contributed by atoms with van der Waals surface area (Å²) >= 11 is 0. The molecule has 0 atom stereocenters. The number of alkyl halides is 6. The molecule has 7 heteroatoms. The van der Waals surface area contributed by atoms with Gasteiger partial charge >= 0.3 is 12.4 Å². The average molecular weight is 386 g/mol. The second kappa shape index (κ2) is 7.90. The fourth-order valence-corrected chi connectivity index (χ4v) is 2.19. The van der Waals surface area contributed by atoms with E-state index in [1.807, 2.05) is 0 Å².